The molecule has 0 aliphatic heterocycles. The predicted octanol–water partition coefficient (Wildman–Crippen LogP) is 3.83. The Morgan fingerprint density at radius 3 is 2.42 bits per heavy atom. The number of aldehydes is 1. The minimum absolute atomic E-state index is 0.407. The molecule has 0 amide bonds. The highest BCUT2D eigenvalue weighted by molar-refractivity contribution is 6.32. The third-order valence-corrected chi connectivity index (χ3v) is 3.79. The summed E-state index contributed by atoms with van der Waals surface area (Å²) in [5.74, 6) is 0.407. The molecule has 0 N–H and O–H groups in total. The standard InChI is InChI=1S/C15H15ClN2O/c1-9-5-10(2)7-12(6-9)18-15(16)13(8-19)14(17-18)11-3-4-11/h5-8,11H,3-4H2,1-2H3. The van der Waals surface area contributed by atoms with Gasteiger partial charge in [0.1, 0.15) is 5.15 Å². The van der Waals surface area contributed by atoms with Gasteiger partial charge in [-0.2, -0.15) is 5.10 Å². The molecule has 98 valence electrons. The highest BCUT2D eigenvalue weighted by atomic mass is 35.5. The molecule has 1 saturated carbocycles. The van der Waals surface area contributed by atoms with Crippen LogP contribution in [0.1, 0.15) is 45.9 Å². The average Bonchev–Trinajstić information content (AvgIpc) is 3.12. The van der Waals surface area contributed by atoms with E-state index in [4.69, 9.17) is 11.6 Å². The molecule has 19 heavy (non-hydrogen) atoms. The van der Waals surface area contributed by atoms with Crippen LogP contribution >= 0.6 is 11.6 Å². The summed E-state index contributed by atoms with van der Waals surface area (Å²) < 4.78 is 1.68. The van der Waals surface area contributed by atoms with Crippen molar-refractivity contribution in [1.82, 2.24) is 9.78 Å². The van der Waals surface area contributed by atoms with Gasteiger partial charge in [0.25, 0.3) is 0 Å². The number of aromatic nitrogens is 2. The van der Waals surface area contributed by atoms with E-state index in [9.17, 15) is 4.79 Å². The smallest absolute Gasteiger partial charge is 0.155 e. The first-order chi connectivity index (χ1) is 9.10. The fourth-order valence-corrected chi connectivity index (χ4v) is 2.71. The maximum atomic E-state index is 11.2. The minimum Gasteiger partial charge on any atom is -0.298 e. The van der Waals surface area contributed by atoms with Crippen LogP contribution in [-0.4, -0.2) is 16.1 Å². The highest BCUT2D eigenvalue weighted by Gasteiger charge is 2.31. The Kier molecular flexibility index (Phi) is 2.94. The SMILES string of the molecule is Cc1cc(C)cc(-n2nc(C3CC3)c(C=O)c2Cl)c1. The van der Waals surface area contributed by atoms with Gasteiger partial charge >= 0.3 is 0 Å². The van der Waals surface area contributed by atoms with Gasteiger partial charge in [0.05, 0.1) is 16.9 Å². The monoisotopic (exact) mass is 274 g/mol. The van der Waals surface area contributed by atoms with Gasteiger partial charge in [0, 0.05) is 5.92 Å². The Morgan fingerprint density at radius 2 is 1.89 bits per heavy atom. The Hall–Kier alpha value is -1.61. The molecule has 1 fully saturated rings. The third kappa shape index (κ3) is 2.19. The Labute approximate surface area is 117 Å². The molecule has 0 bridgehead atoms. The van der Waals surface area contributed by atoms with Crippen LogP contribution in [0.15, 0.2) is 18.2 Å². The van der Waals surface area contributed by atoms with E-state index in [2.05, 4.69) is 11.2 Å². The summed E-state index contributed by atoms with van der Waals surface area (Å²) in [5, 5.41) is 4.97. The van der Waals surface area contributed by atoms with Gasteiger partial charge in [-0.3, -0.25) is 4.79 Å². The van der Waals surface area contributed by atoms with Crippen LogP contribution in [0.2, 0.25) is 5.15 Å². The van der Waals surface area contributed by atoms with Crippen LogP contribution < -0.4 is 0 Å². The molecule has 0 unspecified atom stereocenters. The van der Waals surface area contributed by atoms with Gasteiger partial charge in [-0.1, -0.05) is 17.7 Å². The molecular formula is C15H15ClN2O. The van der Waals surface area contributed by atoms with Crippen molar-refractivity contribution in [3.8, 4) is 5.69 Å². The van der Waals surface area contributed by atoms with Crippen molar-refractivity contribution < 1.29 is 4.79 Å². The number of nitrogens with zero attached hydrogens (tertiary/aromatic N) is 2. The Balaban J connectivity index is 2.16. The van der Waals surface area contributed by atoms with Crippen LogP contribution in [0.25, 0.3) is 5.69 Å². The van der Waals surface area contributed by atoms with Crippen LogP contribution in [0.3, 0.4) is 0 Å². The zero-order chi connectivity index (χ0) is 13.6. The first-order valence-electron chi connectivity index (χ1n) is 6.42. The molecule has 1 aromatic heterocycles. The fraction of sp³-hybridized carbons (Fsp3) is 0.333. The van der Waals surface area contributed by atoms with E-state index in [-0.39, 0.29) is 0 Å². The molecular weight excluding hydrogens is 260 g/mol. The first-order valence-corrected chi connectivity index (χ1v) is 6.80. The number of hydrogen-bond acceptors (Lipinski definition) is 2. The molecule has 4 heteroatoms. The van der Waals surface area contributed by atoms with Crippen LogP contribution in [0, 0.1) is 13.8 Å². The second-order valence-corrected chi connectivity index (χ2v) is 5.60. The lowest BCUT2D eigenvalue weighted by Gasteiger charge is -2.06. The molecule has 2 aromatic rings. The number of benzene rings is 1. The molecule has 1 heterocycles. The van der Waals surface area contributed by atoms with Gasteiger partial charge in [0.15, 0.2) is 6.29 Å². The van der Waals surface area contributed by atoms with E-state index < -0.39 is 0 Å². The van der Waals surface area contributed by atoms with Crippen LogP contribution in [0.5, 0.6) is 0 Å². The van der Waals surface area contributed by atoms with Gasteiger partial charge < -0.3 is 0 Å². The van der Waals surface area contributed by atoms with Crippen molar-refractivity contribution in [2.24, 2.45) is 0 Å². The summed E-state index contributed by atoms with van der Waals surface area (Å²) in [5.41, 5.74) is 4.62. The highest BCUT2D eigenvalue weighted by Crippen LogP contribution is 2.42. The molecule has 0 atom stereocenters. The Bertz CT molecular complexity index is 636. The lowest BCUT2D eigenvalue weighted by molar-refractivity contribution is 0.112. The zero-order valence-corrected chi connectivity index (χ0v) is 11.7. The Morgan fingerprint density at radius 1 is 1.26 bits per heavy atom. The summed E-state index contributed by atoms with van der Waals surface area (Å²) in [6.45, 7) is 4.08. The van der Waals surface area contributed by atoms with Gasteiger partial charge in [-0.05, 0) is 49.9 Å². The van der Waals surface area contributed by atoms with Crippen molar-refractivity contribution in [1.29, 1.82) is 0 Å². The predicted molar refractivity (Wildman–Crippen MR) is 75.4 cm³/mol. The molecule has 0 saturated heterocycles. The summed E-state index contributed by atoms with van der Waals surface area (Å²) in [6, 6.07) is 6.15. The van der Waals surface area contributed by atoms with E-state index in [0.717, 1.165) is 41.6 Å². The molecule has 3 nitrogen and oxygen atoms in total. The number of rotatable bonds is 3. The lowest BCUT2D eigenvalue weighted by atomic mass is 10.1. The van der Waals surface area contributed by atoms with E-state index >= 15 is 0 Å². The summed E-state index contributed by atoms with van der Waals surface area (Å²) in [4.78, 5) is 11.2. The van der Waals surface area contributed by atoms with Crippen molar-refractivity contribution in [3.63, 3.8) is 0 Å². The number of halogens is 1. The molecule has 0 radical (unpaired) electrons. The molecule has 1 aromatic carbocycles. The van der Waals surface area contributed by atoms with E-state index in [1.54, 1.807) is 4.68 Å². The van der Waals surface area contributed by atoms with E-state index in [1.165, 1.54) is 0 Å². The van der Waals surface area contributed by atoms with Crippen LogP contribution in [0.4, 0.5) is 0 Å². The first kappa shape index (κ1) is 12.4. The third-order valence-electron chi connectivity index (χ3n) is 3.42. The lowest BCUT2D eigenvalue weighted by Crippen LogP contribution is -1.98. The second-order valence-electron chi connectivity index (χ2n) is 5.24. The number of carbonyl (C=O) groups excluding carboxylic acids is 1. The second kappa shape index (κ2) is 4.49. The zero-order valence-electron chi connectivity index (χ0n) is 11.0. The van der Waals surface area contributed by atoms with Crippen molar-refractivity contribution >= 4 is 17.9 Å². The fourth-order valence-electron chi connectivity index (χ4n) is 2.44. The number of hydrogen-bond donors (Lipinski definition) is 0. The molecule has 1 aliphatic rings. The number of aryl methyl sites for hydroxylation is 2. The van der Waals surface area contributed by atoms with Gasteiger partial charge in [-0.25, -0.2) is 4.68 Å². The van der Waals surface area contributed by atoms with Gasteiger partial charge in [0.2, 0.25) is 0 Å². The molecule has 1 aliphatic carbocycles. The van der Waals surface area contributed by atoms with E-state index in [1.807, 2.05) is 26.0 Å². The summed E-state index contributed by atoms with van der Waals surface area (Å²) in [7, 11) is 0. The maximum Gasteiger partial charge on any atom is 0.155 e. The topological polar surface area (TPSA) is 34.9 Å². The van der Waals surface area contributed by atoms with Gasteiger partial charge in [-0.15, -0.1) is 0 Å². The summed E-state index contributed by atoms with van der Waals surface area (Å²) >= 11 is 6.31. The quantitative estimate of drug-likeness (QED) is 0.797. The van der Waals surface area contributed by atoms with Crippen molar-refractivity contribution in [2.75, 3.05) is 0 Å². The molecule has 3 rings (SSSR count). The largest absolute Gasteiger partial charge is 0.298 e. The molecule has 0 spiro atoms. The number of carbonyl (C=O) groups is 1. The van der Waals surface area contributed by atoms with Crippen molar-refractivity contribution in [3.05, 3.63) is 45.7 Å². The van der Waals surface area contributed by atoms with E-state index in [0.29, 0.717) is 16.6 Å². The maximum absolute atomic E-state index is 11.2. The summed E-state index contributed by atoms with van der Waals surface area (Å²) in [6.07, 6.45) is 3.02. The average molecular weight is 275 g/mol. The van der Waals surface area contributed by atoms with Crippen LogP contribution in [-0.2, 0) is 0 Å². The normalized spacial score (nSPS) is 14.7. The minimum atomic E-state index is 0.407. The van der Waals surface area contributed by atoms with Crippen molar-refractivity contribution in [2.45, 2.75) is 32.6 Å².